The quantitative estimate of drug-likeness (QED) is 0.830. The van der Waals surface area contributed by atoms with E-state index in [1.165, 1.54) is 0 Å². The van der Waals surface area contributed by atoms with Crippen molar-refractivity contribution in [3.05, 3.63) is 29.8 Å². The Morgan fingerprint density at radius 2 is 1.69 bits per heavy atom. The lowest BCUT2D eigenvalue weighted by atomic mass is 9.87. The molecule has 1 aromatic rings. The molecular weight excluding hydrogens is 227 g/mol. The van der Waals surface area contributed by atoms with Gasteiger partial charge >= 0.3 is 7.82 Å². The van der Waals surface area contributed by atoms with Gasteiger partial charge in [-0.05, 0) is 23.1 Å². The van der Waals surface area contributed by atoms with Crippen molar-refractivity contribution in [1.82, 2.24) is 0 Å². The molecule has 0 aromatic heterocycles. The molecule has 5 heteroatoms. The third-order valence-electron chi connectivity index (χ3n) is 2.17. The van der Waals surface area contributed by atoms with E-state index in [1.807, 2.05) is 12.1 Å². The Hall–Kier alpha value is -0.830. The molecule has 0 aliphatic heterocycles. The van der Waals surface area contributed by atoms with Crippen LogP contribution in [0, 0.1) is 0 Å². The molecule has 90 valence electrons. The summed E-state index contributed by atoms with van der Waals surface area (Å²) in [6, 6.07) is 7.04. The van der Waals surface area contributed by atoms with Crippen LogP contribution in [0.25, 0.3) is 0 Å². The van der Waals surface area contributed by atoms with Crippen LogP contribution in [0.5, 0.6) is 5.75 Å². The monoisotopic (exact) mass is 244 g/mol. The first-order chi connectivity index (χ1) is 7.24. The Kier molecular flexibility index (Phi) is 3.79. The number of phosphoric acid groups is 1. The van der Waals surface area contributed by atoms with Crippen LogP contribution in [0.2, 0.25) is 0 Å². The van der Waals surface area contributed by atoms with Crippen molar-refractivity contribution in [2.75, 3.05) is 7.11 Å². The van der Waals surface area contributed by atoms with E-state index in [0.717, 1.165) is 12.7 Å². The average molecular weight is 244 g/mol. The minimum atomic E-state index is -3.95. The Labute approximate surface area is 95.8 Å². The van der Waals surface area contributed by atoms with Crippen LogP contribution in [0.1, 0.15) is 26.3 Å². The molecule has 0 radical (unpaired) electrons. The average Bonchev–Trinajstić information content (AvgIpc) is 2.16. The van der Waals surface area contributed by atoms with E-state index < -0.39 is 7.82 Å². The van der Waals surface area contributed by atoms with Gasteiger partial charge in [-0.1, -0.05) is 32.9 Å². The van der Waals surface area contributed by atoms with Crippen LogP contribution in [0.4, 0.5) is 0 Å². The first-order valence-electron chi connectivity index (χ1n) is 4.93. The van der Waals surface area contributed by atoms with Gasteiger partial charge in [0.05, 0.1) is 0 Å². The molecule has 1 unspecified atom stereocenters. The zero-order chi connectivity index (χ0) is 12.4. The molecule has 1 atom stereocenters. The van der Waals surface area contributed by atoms with Crippen molar-refractivity contribution >= 4 is 7.82 Å². The summed E-state index contributed by atoms with van der Waals surface area (Å²) in [4.78, 5) is 9.12. The van der Waals surface area contributed by atoms with Crippen molar-refractivity contribution in [3.8, 4) is 5.75 Å². The van der Waals surface area contributed by atoms with E-state index in [1.54, 1.807) is 12.1 Å². The molecule has 0 fully saturated rings. The fourth-order valence-corrected chi connectivity index (χ4v) is 1.65. The van der Waals surface area contributed by atoms with Gasteiger partial charge in [0.1, 0.15) is 5.75 Å². The van der Waals surface area contributed by atoms with E-state index in [4.69, 9.17) is 9.42 Å². The number of benzene rings is 1. The Morgan fingerprint density at radius 1 is 1.19 bits per heavy atom. The van der Waals surface area contributed by atoms with Gasteiger partial charge in [-0.15, -0.1) is 0 Å². The third-order valence-corrected chi connectivity index (χ3v) is 3.07. The van der Waals surface area contributed by atoms with Crippen molar-refractivity contribution in [2.45, 2.75) is 26.2 Å². The second kappa shape index (κ2) is 4.58. The van der Waals surface area contributed by atoms with E-state index in [0.29, 0.717) is 5.75 Å². The maximum Gasteiger partial charge on any atom is 0.527 e. The summed E-state index contributed by atoms with van der Waals surface area (Å²) in [5, 5.41) is 0. The second-order valence-electron chi connectivity index (χ2n) is 4.52. The molecular formula is C11H17O4P. The standard InChI is InChI=1S/C11H17O4P/c1-11(2,3)9-5-7-10(8-6-9)15-16(12,13)14-4/h5-8H,1-4H3,(H,12,13). The van der Waals surface area contributed by atoms with Crippen molar-refractivity contribution in [3.63, 3.8) is 0 Å². The lowest BCUT2D eigenvalue weighted by Gasteiger charge is -2.19. The molecule has 1 rings (SSSR count). The van der Waals surface area contributed by atoms with E-state index >= 15 is 0 Å². The molecule has 0 heterocycles. The SMILES string of the molecule is COP(=O)(O)Oc1ccc(C(C)(C)C)cc1. The van der Waals surface area contributed by atoms with E-state index in [-0.39, 0.29) is 5.41 Å². The summed E-state index contributed by atoms with van der Waals surface area (Å²) in [5.74, 6) is 0.320. The normalized spacial score (nSPS) is 15.6. The van der Waals surface area contributed by atoms with Gasteiger partial charge in [0.25, 0.3) is 0 Å². The first kappa shape index (κ1) is 13.2. The topological polar surface area (TPSA) is 55.8 Å². The summed E-state index contributed by atoms with van der Waals surface area (Å²) in [6.45, 7) is 6.28. The fourth-order valence-electron chi connectivity index (χ4n) is 1.19. The summed E-state index contributed by atoms with van der Waals surface area (Å²) >= 11 is 0. The van der Waals surface area contributed by atoms with Crippen LogP contribution in [0.15, 0.2) is 24.3 Å². The fraction of sp³-hybridized carbons (Fsp3) is 0.455. The molecule has 4 nitrogen and oxygen atoms in total. The number of hydrogen-bond donors (Lipinski definition) is 1. The maximum absolute atomic E-state index is 11.1. The Balaban J connectivity index is 2.84. The van der Waals surface area contributed by atoms with Gasteiger partial charge in [-0.3, -0.25) is 9.42 Å². The second-order valence-corrected chi connectivity index (χ2v) is 6.00. The van der Waals surface area contributed by atoms with Crippen molar-refractivity contribution in [2.24, 2.45) is 0 Å². The van der Waals surface area contributed by atoms with Crippen LogP contribution < -0.4 is 4.52 Å². The molecule has 0 saturated heterocycles. The molecule has 0 saturated carbocycles. The van der Waals surface area contributed by atoms with Crippen LogP contribution in [0.3, 0.4) is 0 Å². The predicted molar refractivity (Wildman–Crippen MR) is 62.6 cm³/mol. The zero-order valence-corrected chi connectivity index (χ0v) is 10.8. The Bertz CT molecular complexity index is 391. The minimum absolute atomic E-state index is 0.0443. The number of rotatable bonds is 3. The molecule has 0 amide bonds. The summed E-state index contributed by atoms with van der Waals surface area (Å²) in [5.41, 5.74) is 1.17. The Morgan fingerprint density at radius 3 is 2.06 bits per heavy atom. The first-order valence-corrected chi connectivity index (χ1v) is 6.43. The van der Waals surface area contributed by atoms with Crippen LogP contribution >= 0.6 is 7.82 Å². The van der Waals surface area contributed by atoms with E-state index in [9.17, 15) is 4.57 Å². The van der Waals surface area contributed by atoms with Crippen molar-refractivity contribution < 1.29 is 18.5 Å². The van der Waals surface area contributed by atoms with Gasteiger partial charge in [0.15, 0.2) is 0 Å². The summed E-state index contributed by atoms with van der Waals surface area (Å²) in [7, 11) is -2.82. The summed E-state index contributed by atoms with van der Waals surface area (Å²) < 4.78 is 20.3. The van der Waals surface area contributed by atoms with Gasteiger partial charge in [0, 0.05) is 7.11 Å². The predicted octanol–water partition coefficient (Wildman–Crippen LogP) is 3.11. The smallest absolute Gasteiger partial charge is 0.404 e. The molecule has 1 N–H and O–H groups in total. The zero-order valence-electron chi connectivity index (χ0n) is 9.93. The highest BCUT2D eigenvalue weighted by molar-refractivity contribution is 7.47. The number of phosphoric ester groups is 1. The van der Waals surface area contributed by atoms with Crippen LogP contribution in [-0.2, 0) is 14.5 Å². The van der Waals surface area contributed by atoms with Gasteiger partial charge in [-0.2, -0.15) is 0 Å². The lowest BCUT2D eigenvalue weighted by Crippen LogP contribution is -2.10. The van der Waals surface area contributed by atoms with E-state index in [2.05, 4.69) is 25.3 Å². The molecule has 16 heavy (non-hydrogen) atoms. The largest absolute Gasteiger partial charge is 0.527 e. The lowest BCUT2D eigenvalue weighted by molar-refractivity contribution is 0.242. The van der Waals surface area contributed by atoms with Crippen LogP contribution in [-0.4, -0.2) is 12.0 Å². The molecule has 1 aromatic carbocycles. The van der Waals surface area contributed by atoms with Crippen molar-refractivity contribution in [1.29, 1.82) is 0 Å². The van der Waals surface area contributed by atoms with Gasteiger partial charge in [-0.25, -0.2) is 4.57 Å². The van der Waals surface area contributed by atoms with Gasteiger partial charge in [0.2, 0.25) is 0 Å². The van der Waals surface area contributed by atoms with Gasteiger partial charge < -0.3 is 4.52 Å². The number of hydrogen-bond acceptors (Lipinski definition) is 3. The minimum Gasteiger partial charge on any atom is -0.404 e. The molecule has 0 spiro atoms. The highest BCUT2D eigenvalue weighted by Gasteiger charge is 2.20. The highest BCUT2D eigenvalue weighted by atomic mass is 31.2. The third kappa shape index (κ3) is 3.63. The highest BCUT2D eigenvalue weighted by Crippen LogP contribution is 2.42. The molecule has 0 aliphatic carbocycles. The summed E-state index contributed by atoms with van der Waals surface area (Å²) in [6.07, 6.45) is 0. The maximum atomic E-state index is 11.1. The molecule has 0 aliphatic rings. The molecule has 0 bridgehead atoms.